The van der Waals surface area contributed by atoms with Crippen molar-refractivity contribution in [3.8, 4) is 0 Å². The number of hydrogen-bond acceptors (Lipinski definition) is 2. The molecule has 156 valence electrons. The van der Waals surface area contributed by atoms with E-state index < -0.39 is 0 Å². The van der Waals surface area contributed by atoms with Crippen LogP contribution in [0.1, 0.15) is 67.2 Å². The van der Waals surface area contributed by atoms with Crippen LogP contribution in [-0.4, -0.2) is 5.78 Å². The number of benzene rings is 3. The van der Waals surface area contributed by atoms with Gasteiger partial charge in [-0.05, 0) is 52.8 Å². The Morgan fingerprint density at radius 3 is 2.03 bits per heavy atom. The van der Waals surface area contributed by atoms with Crippen LogP contribution < -0.4 is 5.32 Å². The highest BCUT2D eigenvalue weighted by atomic mass is 19.1. The SMILES string of the molecule is CCc1ccc([C@@H](CC(=O)c2ccc(C(C)(C)C)cc2)Nc2ccc(F)cc2)cc1. The highest BCUT2D eigenvalue weighted by molar-refractivity contribution is 5.96. The van der Waals surface area contributed by atoms with Crippen molar-refractivity contribution >= 4 is 11.5 Å². The van der Waals surface area contributed by atoms with Gasteiger partial charge in [0.25, 0.3) is 0 Å². The average Bonchev–Trinajstić information content (AvgIpc) is 2.74. The minimum atomic E-state index is -0.278. The quantitative estimate of drug-likeness (QED) is 0.426. The van der Waals surface area contributed by atoms with Crippen LogP contribution in [-0.2, 0) is 11.8 Å². The maximum absolute atomic E-state index is 13.3. The number of carbonyl (C=O) groups excluding carboxylic acids is 1. The standard InChI is InChI=1S/C27H30FNO/c1-5-19-6-8-20(9-7-19)25(29-24-16-14-23(28)15-17-24)18-26(30)21-10-12-22(13-11-21)27(2,3)4/h6-17,25,29H,5,18H2,1-4H3/t25-/m1/s1. The zero-order valence-corrected chi connectivity index (χ0v) is 18.2. The molecule has 0 aliphatic carbocycles. The summed E-state index contributed by atoms with van der Waals surface area (Å²) < 4.78 is 13.3. The fourth-order valence-electron chi connectivity index (χ4n) is 3.44. The molecule has 0 saturated heterocycles. The van der Waals surface area contributed by atoms with Gasteiger partial charge in [-0.25, -0.2) is 4.39 Å². The molecule has 3 heteroatoms. The molecule has 0 radical (unpaired) electrons. The minimum Gasteiger partial charge on any atom is -0.378 e. The number of ketones is 1. The summed E-state index contributed by atoms with van der Waals surface area (Å²) in [7, 11) is 0. The van der Waals surface area contributed by atoms with Gasteiger partial charge in [-0.2, -0.15) is 0 Å². The lowest BCUT2D eigenvalue weighted by molar-refractivity contribution is 0.0976. The highest BCUT2D eigenvalue weighted by Crippen LogP contribution is 2.27. The van der Waals surface area contributed by atoms with E-state index >= 15 is 0 Å². The first-order chi connectivity index (χ1) is 14.3. The van der Waals surface area contributed by atoms with Gasteiger partial charge in [-0.1, -0.05) is 76.2 Å². The maximum Gasteiger partial charge on any atom is 0.165 e. The van der Waals surface area contributed by atoms with Gasteiger partial charge in [0, 0.05) is 17.7 Å². The molecule has 1 N–H and O–H groups in total. The van der Waals surface area contributed by atoms with Gasteiger partial charge < -0.3 is 5.32 Å². The summed E-state index contributed by atoms with van der Waals surface area (Å²) in [6.07, 6.45) is 1.28. The third kappa shape index (κ3) is 5.56. The molecule has 0 bridgehead atoms. The molecular weight excluding hydrogens is 373 g/mol. The molecule has 0 saturated carbocycles. The van der Waals surface area contributed by atoms with Crippen molar-refractivity contribution < 1.29 is 9.18 Å². The van der Waals surface area contributed by atoms with E-state index in [0.717, 1.165) is 17.7 Å². The first kappa shape index (κ1) is 21.8. The summed E-state index contributed by atoms with van der Waals surface area (Å²) in [6.45, 7) is 8.60. The molecule has 0 heterocycles. The van der Waals surface area contributed by atoms with E-state index in [0.29, 0.717) is 12.0 Å². The monoisotopic (exact) mass is 403 g/mol. The molecule has 3 aromatic carbocycles. The van der Waals surface area contributed by atoms with Crippen molar-refractivity contribution in [2.45, 2.75) is 52.0 Å². The molecule has 0 amide bonds. The number of anilines is 1. The topological polar surface area (TPSA) is 29.1 Å². The second-order valence-electron chi connectivity index (χ2n) is 8.75. The Morgan fingerprint density at radius 2 is 1.50 bits per heavy atom. The Balaban J connectivity index is 1.83. The first-order valence-electron chi connectivity index (χ1n) is 10.5. The second kappa shape index (κ2) is 9.25. The summed E-state index contributed by atoms with van der Waals surface area (Å²) >= 11 is 0. The van der Waals surface area contributed by atoms with Crippen molar-refractivity contribution in [1.29, 1.82) is 0 Å². The molecule has 0 fully saturated rings. The first-order valence-corrected chi connectivity index (χ1v) is 10.5. The third-order valence-corrected chi connectivity index (χ3v) is 5.44. The second-order valence-corrected chi connectivity index (χ2v) is 8.75. The van der Waals surface area contributed by atoms with Gasteiger partial charge >= 0.3 is 0 Å². The van der Waals surface area contributed by atoms with Crippen LogP contribution in [0.15, 0.2) is 72.8 Å². The van der Waals surface area contributed by atoms with E-state index in [1.165, 1.54) is 23.3 Å². The number of nitrogens with one attached hydrogen (secondary N) is 1. The molecule has 2 nitrogen and oxygen atoms in total. The highest BCUT2D eigenvalue weighted by Gasteiger charge is 2.19. The van der Waals surface area contributed by atoms with Crippen LogP contribution in [0.3, 0.4) is 0 Å². The normalized spacial score (nSPS) is 12.4. The molecule has 1 atom stereocenters. The van der Waals surface area contributed by atoms with Gasteiger partial charge in [-0.15, -0.1) is 0 Å². The van der Waals surface area contributed by atoms with Crippen LogP contribution in [0.5, 0.6) is 0 Å². The molecule has 0 unspecified atom stereocenters. The predicted molar refractivity (Wildman–Crippen MR) is 123 cm³/mol. The van der Waals surface area contributed by atoms with E-state index in [1.807, 2.05) is 24.3 Å². The summed E-state index contributed by atoms with van der Waals surface area (Å²) in [5.41, 5.74) is 5.04. The number of Topliss-reactive ketones (excluding diaryl/α,β-unsaturated/α-hetero) is 1. The molecule has 0 aliphatic rings. The van der Waals surface area contributed by atoms with E-state index in [-0.39, 0.29) is 23.1 Å². The van der Waals surface area contributed by atoms with Crippen molar-refractivity contribution in [2.24, 2.45) is 0 Å². The number of carbonyl (C=O) groups is 1. The Labute approximate surface area is 179 Å². The van der Waals surface area contributed by atoms with Crippen molar-refractivity contribution in [3.05, 3.63) is 101 Å². The number of rotatable bonds is 7. The zero-order valence-electron chi connectivity index (χ0n) is 18.2. The Bertz CT molecular complexity index is 967. The minimum absolute atomic E-state index is 0.0509. The molecule has 30 heavy (non-hydrogen) atoms. The lowest BCUT2D eigenvalue weighted by Gasteiger charge is -2.21. The van der Waals surface area contributed by atoms with E-state index in [9.17, 15) is 9.18 Å². The van der Waals surface area contributed by atoms with Crippen LogP contribution in [0.25, 0.3) is 0 Å². The molecule has 0 spiro atoms. The largest absolute Gasteiger partial charge is 0.378 e. The van der Waals surface area contributed by atoms with Gasteiger partial charge in [0.15, 0.2) is 5.78 Å². The smallest absolute Gasteiger partial charge is 0.165 e. The van der Waals surface area contributed by atoms with E-state index in [2.05, 4.69) is 57.3 Å². The number of aryl methyl sites for hydroxylation is 1. The molecular formula is C27H30FNO. The summed E-state index contributed by atoms with van der Waals surface area (Å²) in [4.78, 5) is 13.1. The van der Waals surface area contributed by atoms with Crippen LogP contribution in [0.4, 0.5) is 10.1 Å². The lowest BCUT2D eigenvalue weighted by atomic mass is 9.86. The Hall–Kier alpha value is -2.94. The number of halogens is 1. The fraction of sp³-hybridized carbons (Fsp3) is 0.296. The molecule has 3 rings (SSSR count). The van der Waals surface area contributed by atoms with Crippen molar-refractivity contribution in [3.63, 3.8) is 0 Å². The van der Waals surface area contributed by atoms with Crippen LogP contribution in [0, 0.1) is 5.82 Å². The van der Waals surface area contributed by atoms with E-state index in [4.69, 9.17) is 0 Å². The Kier molecular flexibility index (Phi) is 6.71. The van der Waals surface area contributed by atoms with E-state index in [1.54, 1.807) is 12.1 Å². The zero-order chi connectivity index (χ0) is 21.7. The van der Waals surface area contributed by atoms with Gasteiger partial charge in [0.1, 0.15) is 5.82 Å². The van der Waals surface area contributed by atoms with Crippen LogP contribution in [0.2, 0.25) is 0 Å². The van der Waals surface area contributed by atoms with Crippen molar-refractivity contribution in [2.75, 3.05) is 5.32 Å². The summed E-state index contributed by atoms with van der Waals surface area (Å²) in [5.74, 6) is -0.200. The van der Waals surface area contributed by atoms with Gasteiger partial charge in [-0.3, -0.25) is 4.79 Å². The number of hydrogen-bond donors (Lipinski definition) is 1. The lowest BCUT2D eigenvalue weighted by Crippen LogP contribution is -2.16. The predicted octanol–water partition coefficient (Wildman–Crippen LogP) is 7.11. The third-order valence-electron chi connectivity index (χ3n) is 5.44. The summed E-state index contributed by atoms with van der Waals surface area (Å²) in [6, 6.07) is 22.3. The molecule has 3 aromatic rings. The average molecular weight is 404 g/mol. The van der Waals surface area contributed by atoms with Gasteiger partial charge in [0.05, 0.1) is 6.04 Å². The fourth-order valence-corrected chi connectivity index (χ4v) is 3.44. The van der Waals surface area contributed by atoms with Crippen LogP contribution >= 0.6 is 0 Å². The Morgan fingerprint density at radius 1 is 0.900 bits per heavy atom. The molecule has 0 aromatic heterocycles. The van der Waals surface area contributed by atoms with Gasteiger partial charge in [0.2, 0.25) is 0 Å². The maximum atomic E-state index is 13.3. The molecule has 0 aliphatic heterocycles. The van der Waals surface area contributed by atoms with Crippen molar-refractivity contribution in [1.82, 2.24) is 0 Å². The summed E-state index contributed by atoms with van der Waals surface area (Å²) in [5, 5.41) is 3.41.